The third-order valence-corrected chi connectivity index (χ3v) is 5.23. The van der Waals surface area contributed by atoms with Crippen molar-refractivity contribution in [2.45, 2.75) is 30.7 Å². The zero-order valence-corrected chi connectivity index (χ0v) is 13.3. The first-order valence-electron chi connectivity index (χ1n) is 8.22. The van der Waals surface area contributed by atoms with E-state index in [0.717, 1.165) is 18.4 Å². The Kier molecular flexibility index (Phi) is 3.59. The van der Waals surface area contributed by atoms with Crippen LogP contribution in [-0.2, 0) is 4.79 Å². The molecule has 2 aliphatic rings. The smallest absolute Gasteiger partial charge is 0.289 e. The molecule has 2 saturated heterocycles. The number of nitrogens with zero attached hydrogens (tertiary/aromatic N) is 2. The molecule has 6 nitrogen and oxygen atoms in total. The molecular weight excluding hydrogens is 306 g/mol. The molecule has 2 amide bonds. The highest BCUT2D eigenvalue weighted by atomic mass is 16.3. The fourth-order valence-corrected chi connectivity index (χ4v) is 3.97. The van der Waals surface area contributed by atoms with Gasteiger partial charge in [0.1, 0.15) is 0 Å². The zero-order valence-electron chi connectivity index (χ0n) is 13.3. The second kappa shape index (κ2) is 5.78. The summed E-state index contributed by atoms with van der Waals surface area (Å²) in [6.07, 6.45) is 7.03. The fraction of sp³-hybridized carbons (Fsp3) is 0.389. The molecule has 1 N–H and O–H groups in total. The molecule has 0 saturated carbocycles. The summed E-state index contributed by atoms with van der Waals surface area (Å²) in [6.45, 7) is 1.22. The van der Waals surface area contributed by atoms with Crippen LogP contribution in [0.4, 0.5) is 0 Å². The maximum atomic E-state index is 12.4. The number of furan rings is 1. The monoisotopic (exact) mass is 325 g/mol. The van der Waals surface area contributed by atoms with Gasteiger partial charge in [0.2, 0.25) is 5.91 Å². The summed E-state index contributed by atoms with van der Waals surface area (Å²) >= 11 is 0. The molecule has 124 valence electrons. The maximum absolute atomic E-state index is 12.4. The van der Waals surface area contributed by atoms with Crippen LogP contribution in [0.15, 0.2) is 47.3 Å². The quantitative estimate of drug-likeness (QED) is 0.916. The first kappa shape index (κ1) is 14.9. The molecule has 2 aliphatic heterocycles. The molecule has 2 aromatic rings. The summed E-state index contributed by atoms with van der Waals surface area (Å²) in [5.41, 5.74) is 0.868. The van der Waals surface area contributed by atoms with Gasteiger partial charge >= 0.3 is 0 Å². The predicted octanol–water partition coefficient (Wildman–Crippen LogP) is 1.95. The second-order valence-corrected chi connectivity index (χ2v) is 6.51. The number of aromatic nitrogens is 1. The van der Waals surface area contributed by atoms with Crippen LogP contribution in [0.3, 0.4) is 0 Å². The number of hydrogen-bond donors (Lipinski definition) is 1. The zero-order chi connectivity index (χ0) is 16.6. The molecule has 6 heteroatoms. The minimum atomic E-state index is -0.265. The molecule has 24 heavy (non-hydrogen) atoms. The van der Waals surface area contributed by atoms with Crippen LogP contribution >= 0.6 is 0 Å². The summed E-state index contributed by atoms with van der Waals surface area (Å²) in [5, 5.41) is 3.19. The first-order chi connectivity index (χ1) is 11.7. The lowest BCUT2D eigenvalue weighted by Crippen LogP contribution is -2.54. The van der Waals surface area contributed by atoms with Gasteiger partial charge in [-0.15, -0.1) is 0 Å². The molecule has 1 atom stereocenters. The molecule has 0 bridgehead atoms. The molecule has 0 aromatic carbocycles. The molecule has 0 aliphatic carbocycles. The van der Waals surface area contributed by atoms with E-state index in [9.17, 15) is 9.59 Å². The molecule has 4 rings (SSSR count). The summed E-state index contributed by atoms with van der Waals surface area (Å²) in [7, 11) is 0. The number of rotatable bonds is 2. The predicted molar refractivity (Wildman–Crippen MR) is 86.3 cm³/mol. The van der Waals surface area contributed by atoms with Gasteiger partial charge in [-0.05, 0) is 42.7 Å². The van der Waals surface area contributed by atoms with Crippen molar-refractivity contribution < 1.29 is 14.0 Å². The molecule has 4 heterocycles. The van der Waals surface area contributed by atoms with Crippen molar-refractivity contribution in [3.63, 3.8) is 0 Å². The standard InChI is InChI=1S/C18H19N3O3/c22-16-12-14(13-3-7-19-8-4-13)18(20-16)5-9-21(10-6-18)17(23)15-2-1-11-24-15/h1-4,7-8,11,14H,5-6,9-10,12H2,(H,20,22). The topological polar surface area (TPSA) is 75.4 Å². The highest BCUT2D eigenvalue weighted by molar-refractivity contribution is 5.91. The van der Waals surface area contributed by atoms with Crippen molar-refractivity contribution in [2.24, 2.45) is 0 Å². The minimum absolute atomic E-state index is 0.0837. The number of carbonyl (C=O) groups excluding carboxylic acids is 2. The molecule has 0 radical (unpaired) electrons. The Balaban J connectivity index is 1.52. The Hall–Kier alpha value is -2.63. The third-order valence-electron chi connectivity index (χ3n) is 5.23. The van der Waals surface area contributed by atoms with E-state index in [-0.39, 0.29) is 23.3 Å². The number of carbonyl (C=O) groups is 2. The summed E-state index contributed by atoms with van der Waals surface area (Å²) in [4.78, 5) is 30.4. The summed E-state index contributed by atoms with van der Waals surface area (Å²) in [5.74, 6) is 0.503. The van der Waals surface area contributed by atoms with Crippen molar-refractivity contribution in [3.05, 3.63) is 54.2 Å². The number of pyridine rings is 1. The number of nitrogens with one attached hydrogen (secondary N) is 1. The van der Waals surface area contributed by atoms with Crippen LogP contribution in [0.1, 0.15) is 41.3 Å². The number of likely N-dealkylation sites (tertiary alicyclic amines) is 1. The molecule has 1 spiro atoms. The Bertz CT molecular complexity index is 734. The van der Waals surface area contributed by atoms with Gasteiger partial charge in [0, 0.05) is 37.8 Å². The molecule has 2 aromatic heterocycles. The largest absolute Gasteiger partial charge is 0.459 e. The van der Waals surface area contributed by atoms with Gasteiger partial charge < -0.3 is 14.6 Å². The average molecular weight is 325 g/mol. The minimum Gasteiger partial charge on any atom is -0.459 e. The van der Waals surface area contributed by atoms with Crippen LogP contribution in [0.5, 0.6) is 0 Å². The molecular formula is C18H19N3O3. The highest BCUT2D eigenvalue weighted by Crippen LogP contribution is 2.43. The van der Waals surface area contributed by atoms with E-state index >= 15 is 0 Å². The van der Waals surface area contributed by atoms with Gasteiger partial charge in [-0.25, -0.2) is 0 Å². The van der Waals surface area contributed by atoms with Crippen LogP contribution in [0, 0.1) is 0 Å². The summed E-state index contributed by atoms with van der Waals surface area (Å²) in [6, 6.07) is 7.36. The molecule has 2 fully saturated rings. The van der Waals surface area contributed by atoms with Crippen LogP contribution in [0.25, 0.3) is 0 Å². The maximum Gasteiger partial charge on any atom is 0.289 e. The van der Waals surface area contributed by atoms with Gasteiger partial charge in [0.05, 0.1) is 11.8 Å². The van der Waals surface area contributed by atoms with Crippen molar-refractivity contribution in [2.75, 3.05) is 13.1 Å². The van der Waals surface area contributed by atoms with Crippen LogP contribution in [-0.4, -0.2) is 40.3 Å². The van der Waals surface area contributed by atoms with E-state index in [1.54, 1.807) is 29.4 Å². The van der Waals surface area contributed by atoms with E-state index < -0.39 is 0 Å². The highest BCUT2D eigenvalue weighted by Gasteiger charge is 2.49. The van der Waals surface area contributed by atoms with Gasteiger partial charge in [-0.1, -0.05) is 0 Å². The Morgan fingerprint density at radius 2 is 2.00 bits per heavy atom. The second-order valence-electron chi connectivity index (χ2n) is 6.51. The van der Waals surface area contributed by atoms with Crippen LogP contribution in [0.2, 0.25) is 0 Å². The number of piperidine rings is 1. The van der Waals surface area contributed by atoms with E-state index in [0.29, 0.717) is 25.3 Å². The lowest BCUT2D eigenvalue weighted by atomic mass is 9.74. The van der Waals surface area contributed by atoms with Gasteiger partial charge in [-0.3, -0.25) is 14.6 Å². The molecule has 1 unspecified atom stereocenters. The van der Waals surface area contributed by atoms with E-state index in [2.05, 4.69) is 10.3 Å². The first-order valence-corrected chi connectivity index (χ1v) is 8.22. The Morgan fingerprint density at radius 1 is 1.25 bits per heavy atom. The van der Waals surface area contributed by atoms with Crippen molar-refractivity contribution >= 4 is 11.8 Å². The number of hydrogen-bond acceptors (Lipinski definition) is 4. The Labute approximate surface area is 139 Å². The van der Waals surface area contributed by atoms with E-state index in [4.69, 9.17) is 4.42 Å². The van der Waals surface area contributed by atoms with Crippen LogP contribution < -0.4 is 5.32 Å². The lowest BCUT2D eigenvalue weighted by Gasteiger charge is -2.42. The summed E-state index contributed by atoms with van der Waals surface area (Å²) < 4.78 is 5.21. The fourth-order valence-electron chi connectivity index (χ4n) is 3.97. The normalized spacial score (nSPS) is 22.6. The van der Waals surface area contributed by atoms with Crippen molar-refractivity contribution in [1.29, 1.82) is 0 Å². The lowest BCUT2D eigenvalue weighted by molar-refractivity contribution is -0.120. The van der Waals surface area contributed by atoms with Gasteiger partial charge in [-0.2, -0.15) is 0 Å². The average Bonchev–Trinajstić information content (AvgIpc) is 3.24. The SMILES string of the molecule is O=C1CC(c2ccncc2)C2(CCN(C(=O)c3ccco3)CC2)N1. The van der Waals surface area contributed by atoms with Crippen molar-refractivity contribution in [1.82, 2.24) is 15.2 Å². The van der Waals surface area contributed by atoms with E-state index in [1.807, 2.05) is 12.1 Å². The number of amides is 2. The third kappa shape index (κ3) is 2.48. The van der Waals surface area contributed by atoms with Gasteiger partial charge in [0.15, 0.2) is 5.76 Å². The Morgan fingerprint density at radius 3 is 2.67 bits per heavy atom. The van der Waals surface area contributed by atoms with Crippen molar-refractivity contribution in [3.8, 4) is 0 Å². The van der Waals surface area contributed by atoms with Gasteiger partial charge in [0.25, 0.3) is 5.91 Å². The van der Waals surface area contributed by atoms with E-state index in [1.165, 1.54) is 6.26 Å².